The van der Waals surface area contributed by atoms with Crippen LogP contribution >= 0.6 is 11.8 Å². The molecule has 0 saturated heterocycles. The Bertz CT molecular complexity index is 322. The quantitative estimate of drug-likeness (QED) is 0.601. The van der Waals surface area contributed by atoms with E-state index in [1.54, 1.807) is 6.07 Å². The predicted octanol–water partition coefficient (Wildman–Crippen LogP) is 1.96. The summed E-state index contributed by atoms with van der Waals surface area (Å²) in [6.45, 7) is 5.89. The van der Waals surface area contributed by atoms with Crippen LogP contribution in [0.3, 0.4) is 0 Å². The first kappa shape index (κ1) is 11.1. The molecule has 14 heavy (non-hydrogen) atoms. The number of nitrogens with two attached hydrogens (primary N) is 1. The average molecular weight is 213 g/mol. The van der Waals surface area contributed by atoms with Gasteiger partial charge in [-0.3, -0.25) is 0 Å². The smallest absolute Gasteiger partial charge is 0.219 e. The maximum atomic E-state index is 5.61. The van der Waals surface area contributed by atoms with Gasteiger partial charge in [-0.15, -0.1) is 0 Å². The molecule has 0 amide bonds. The largest absolute Gasteiger partial charge is 0.472 e. The highest BCUT2D eigenvalue weighted by Crippen LogP contribution is 2.20. The Morgan fingerprint density at radius 2 is 2.00 bits per heavy atom. The Balaban J connectivity index is 2.92. The molecule has 0 spiro atoms. The Hall–Kier alpha value is -0.970. The summed E-state index contributed by atoms with van der Waals surface area (Å²) in [5.41, 5.74) is 5.34. The van der Waals surface area contributed by atoms with Crippen molar-refractivity contribution in [2.24, 2.45) is 0 Å². The molecule has 1 heterocycles. The molecule has 78 valence electrons. The summed E-state index contributed by atoms with van der Waals surface area (Å²) in [5, 5.41) is 0.629. The lowest BCUT2D eigenvalue weighted by atomic mass is 10.2. The summed E-state index contributed by atoms with van der Waals surface area (Å²) in [5.74, 6) is 0.956. The minimum atomic E-state index is -0.267. The molecule has 0 aliphatic carbocycles. The third-order valence-electron chi connectivity index (χ3n) is 1.30. The first-order valence-electron chi connectivity index (χ1n) is 4.28. The number of anilines is 1. The van der Waals surface area contributed by atoms with E-state index >= 15 is 0 Å². The van der Waals surface area contributed by atoms with Crippen molar-refractivity contribution in [3.63, 3.8) is 0 Å². The molecule has 4 nitrogen and oxygen atoms in total. The summed E-state index contributed by atoms with van der Waals surface area (Å²) >= 11 is 1.44. The van der Waals surface area contributed by atoms with Gasteiger partial charge in [0.05, 0.1) is 0 Å². The van der Waals surface area contributed by atoms with Crippen LogP contribution in [0.5, 0.6) is 5.88 Å². The fourth-order valence-electron chi connectivity index (χ4n) is 0.878. The van der Waals surface area contributed by atoms with Crippen molar-refractivity contribution in [2.45, 2.75) is 31.5 Å². The molecule has 0 aliphatic heterocycles. The molecule has 0 radical (unpaired) electrons. The highest BCUT2D eigenvalue weighted by molar-refractivity contribution is 7.98. The number of aromatic nitrogens is 2. The molecule has 0 unspecified atom stereocenters. The van der Waals surface area contributed by atoms with Crippen LogP contribution in [0.15, 0.2) is 11.2 Å². The molecule has 1 rings (SSSR count). The highest BCUT2D eigenvalue weighted by atomic mass is 32.2. The monoisotopic (exact) mass is 213 g/mol. The number of nitrogens with zero attached hydrogens (tertiary/aromatic N) is 2. The van der Waals surface area contributed by atoms with Crippen LogP contribution in [-0.4, -0.2) is 21.8 Å². The van der Waals surface area contributed by atoms with Crippen molar-refractivity contribution in [3.8, 4) is 5.88 Å². The Kier molecular flexibility index (Phi) is 3.21. The van der Waals surface area contributed by atoms with Crippen LogP contribution in [0, 0.1) is 0 Å². The summed E-state index contributed by atoms with van der Waals surface area (Å²) < 4.78 is 5.58. The topological polar surface area (TPSA) is 61.0 Å². The number of rotatable bonds is 2. The first-order valence-corrected chi connectivity index (χ1v) is 5.51. The molecule has 0 bridgehead atoms. The summed E-state index contributed by atoms with van der Waals surface area (Å²) in [6, 6.07) is 1.63. The third-order valence-corrected chi connectivity index (χ3v) is 1.84. The molecule has 0 atom stereocenters. The van der Waals surface area contributed by atoms with Gasteiger partial charge in [0.1, 0.15) is 11.4 Å². The normalized spacial score (nSPS) is 11.4. The lowest BCUT2D eigenvalue weighted by Gasteiger charge is -2.20. The van der Waals surface area contributed by atoms with Crippen LogP contribution in [0.2, 0.25) is 0 Å². The first-order chi connectivity index (χ1) is 6.40. The van der Waals surface area contributed by atoms with Gasteiger partial charge in [-0.1, -0.05) is 11.8 Å². The standard InChI is InChI=1S/C9H15N3OS/c1-9(2,3)13-7-5-6(10)11-8(12-7)14-4/h5H,1-4H3,(H2,10,11,12). The Morgan fingerprint density at radius 3 is 2.50 bits per heavy atom. The number of ether oxygens (including phenoxy) is 1. The molecule has 2 N–H and O–H groups in total. The number of hydrogen-bond donors (Lipinski definition) is 1. The maximum Gasteiger partial charge on any atom is 0.219 e. The van der Waals surface area contributed by atoms with Gasteiger partial charge in [0.2, 0.25) is 5.88 Å². The Labute approximate surface area is 88.3 Å². The van der Waals surface area contributed by atoms with E-state index in [0.29, 0.717) is 16.9 Å². The van der Waals surface area contributed by atoms with E-state index in [1.807, 2.05) is 27.0 Å². The second kappa shape index (κ2) is 4.04. The van der Waals surface area contributed by atoms with E-state index in [2.05, 4.69) is 9.97 Å². The molecule has 1 aromatic rings. The minimum absolute atomic E-state index is 0.267. The highest BCUT2D eigenvalue weighted by Gasteiger charge is 2.13. The van der Waals surface area contributed by atoms with Gasteiger partial charge in [-0.2, -0.15) is 4.98 Å². The van der Waals surface area contributed by atoms with Crippen LogP contribution in [-0.2, 0) is 0 Å². The molecule has 0 aromatic carbocycles. The van der Waals surface area contributed by atoms with Crippen molar-refractivity contribution in [1.82, 2.24) is 9.97 Å². The SMILES string of the molecule is CSc1nc(N)cc(OC(C)(C)C)n1. The lowest BCUT2D eigenvalue weighted by molar-refractivity contribution is 0.123. The minimum Gasteiger partial charge on any atom is -0.472 e. The van der Waals surface area contributed by atoms with Gasteiger partial charge in [0, 0.05) is 6.07 Å². The molecule has 0 fully saturated rings. The summed E-state index contributed by atoms with van der Waals surface area (Å²) in [7, 11) is 0. The van der Waals surface area contributed by atoms with Crippen molar-refractivity contribution in [3.05, 3.63) is 6.07 Å². The second-order valence-corrected chi connectivity index (χ2v) is 4.61. The van der Waals surface area contributed by atoms with E-state index in [1.165, 1.54) is 11.8 Å². The summed E-state index contributed by atoms with van der Waals surface area (Å²) in [4.78, 5) is 8.22. The maximum absolute atomic E-state index is 5.61. The van der Waals surface area contributed by atoms with E-state index in [-0.39, 0.29) is 5.60 Å². The number of nitrogen functional groups attached to an aromatic ring is 1. The Morgan fingerprint density at radius 1 is 1.36 bits per heavy atom. The predicted molar refractivity (Wildman–Crippen MR) is 58.6 cm³/mol. The van der Waals surface area contributed by atoms with Crippen LogP contribution < -0.4 is 10.5 Å². The lowest BCUT2D eigenvalue weighted by Crippen LogP contribution is -2.23. The van der Waals surface area contributed by atoms with Gasteiger partial charge in [-0.05, 0) is 27.0 Å². The van der Waals surface area contributed by atoms with Crippen LogP contribution in [0.25, 0.3) is 0 Å². The van der Waals surface area contributed by atoms with E-state index in [4.69, 9.17) is 10.5 Å². The average Bonchev–Trinajstić information content (AvgIpc) is 1.99. The fraction of sp³-hybridized carbons (Fsp3) is 0.556. The number of thioether (sulfide) groups is 1. The van der Waals surface area contributed by atoms with Gasteiger partial charge in [0.15, 0.2) is 5.16 Å². The van der Waals surface area contributed by atoms with E-state index in [0.717, 1.165) is 0 Å². The molecule has 0 saturated carbocycles. The van der Waals surface area contributed by atoms with Gasteiger partial charge >= 0.3 is 0 Å². The van der Waals surface area contributed by atoms with Crippen molar-refractivity contribution in [2.75, 3.05) is 12.0 Å². The fourth-order valence-corrected chi connectivity index (χ4v) is 1.26. The molecule has 5 heteroatoms. The summed E-state index contributed by atoms with van der Waals surface area (Å²) in [6.07, 6.45) is 1.90. The van der Waals surface area contributed by atoms with Crippen molar-refractivity contribution in [1.29, 1.82) is 0 Å². The second-order valence-electron chi connectivity index (χ2n) is 3.83. The van der Waals surface area contributed by atoms with E-state index in [9.17, 15) is 0 Å². The van der Waals surface area contributed by atoms with E-state index < -0.39 is 0 Å². The van der Waals surface area contributed by atoms with Crippen molar-refractivity contribution >= 4 is 17.6 Å². The van der Waals surface area contributed by atoms with Crippen molar-refractivity contribution < 1.29 is 4.74 Å². The molecular formula is C9H15N3OS. The number of hydrogen-bond acceptors (Lipinski definition) is 5. The van der Waals surface area contributed by atoms with Crippen LogP contribution in [0.1, 0.15) is 20.8 Å². The third kappa shape index (κ3) is 3.41. The molecule has 1 aromatic heterocycles. The zero-order chi connectivity index (χ0) is 10.8. The molecule has 0 aliphatic rings. The van der Waals surface area contributed by atoms with Gasteiger partial charge in [0.25, 0.3) is 0 Å². The molecular weight excluding hydrogens is 198 g/mol. The van der Waals surface area contributed by atoms with Gasteiger partial charge in [-0.25, -0.2) is 4.98 Å². The van der Waals surface area contributed by atoms with Gasteiger partial charge < -0.3 is 10.5 Å². The van der Waals surface area contributed by atoms with Crippen LogP contribution in [0.4, 0.5) is 5.82 Å². The zero-order valence-electron chi connectivity index (χ0n) is 8.87. The zero-order valence-corrected chi connectivity index (χ0v) is 9.68.